The molecule has 0 radical (unpaired) electrons. The Balaban J connectivity index is 3.05. The Morgan fingerprint density at radius 1 is 1.32 bits per heavy atom. The first-order valence-electron chi connectivity index (χ1n) is 6.10. The Bertz CT molecular complexity index is 522. The smallest absolute Gasteiger partial charge is 0.0841 e. The van der Waals surface area contributed by atoms with Gasteiger partial charge in [-0.1, -0.05) is 24.8 Å². The molecule has 0 saturated heterocycles. The van der Waals surface area contributed by atoms with Gasteiger partial charge in [-0.05, 0) is 32.1 Å². The van der Waals surface area contributed by atoms with Crippen molar-refractivity contribution >= 4 is 11.4 Å². The number of hydrogen-bond acceptors (Lipinski definition) is 3. The summed E-state index contributed by atoms with van der Waals surface area (Å²) in [7, 11) is 0. The highest BCUT2D eigenvalue weighted by molar-refractivity contribution is 6.04. The SMILES string of the molecule is C=C/C=C(\N=C(C)c1ccccn1)C(C)=NCC=C. The van der Waals surface area contributed by atoms with Crippen LogP contribution in [0.25, 0.3) is 0 Å². The molecule has 0 fully saturated rings. The first kappa shape index (κ1) is 14.8. The molecule has 0 atom stereocenters. The third-order valence-electron chi connectivity index (χ3n) is 2.43. The van der Waals surface area contributed by atoms with E-state index in [0.29, 0.717) is 6.54 Å². The lowest BCUT2D eigenvalue weighted by Crippen LogP contribution is -2.03. The van der Waals surface area contributed by atoms with Crippen LogP contribution in [0, 0.1) is 0 Å². The highest BCUT2D eigenvalue weighted by atomic mass is 14.8. The minimum atomic E-state index is 0.582. The molecule has 0 aromatic carbocycles. The van der Waals surface area contributed by atoms with Crippen LogP contribution in [0.4, 0.5) is 0 Å². The summed E-state index contributed by atoms with van der Waals surface area (Å²) in [5.74, 6) is 0. The molecular weight excluding hydrogens is 234 g/mol. The van der Waals surface area contributed by atoms with E-state index in [9.17, 15) is 0 Å². The minimum absolute atomic E-state index is 0.582. The van der Waals surface area contributed by atoms with E-state index in [0.717, 1.165) is 22.8 Å². The van der Waals surface area contributed by atoms with Crippen molar-refractivity contribution in [2.45, 2.75) is 13.8 Å². The van der Waals surface area contributed by atoms with Gasteiger partial charge in [-0.2, -0.15) is 0 Å². The fourth-order valence-corrected chi connectivity index (χ4v) is 1.45. The van der Waals surface area contributed by atoms with Crippen LogP contribution < -0.4 is 0 Å². The quantitative estimate of drug-likeness (QED) is 0.433. The topological polar surface area (TPSA) is 37.6 Å². The molecule has 98 valence electrons. The molecule has 1 heterocycles. The summed E-state index contributed by atoms with van der Waals surface area (Å²) in [4.78, 5) is 13.2. The maximum atomic E-state index is 4.57. The Morgan fingerprint density at radius 2 is 2.11 bits per heavy atom. The predicted octanol–water partition coefficient (Wildman–Crippen LogP) is 3.61. The molecule has 0 bridgehead atoms. The van der Waals surface area contributed by atoms with Gasteiger partial charge in [0.2, 0.25) is 0 Å². The summed E-state index contributed by atoms with van der Waals surface area (Å²) in [5.41, 5.74) is 3.35. The first-order chi connectivity index (χ1) is 9.19. The summed E-state index contributed by atoms with van der Waals surface area (Å²) in [6, 6.07) is 5.76. The molecule has 0 aliphatic carbocycles. The number of pyridine rings is 1. The van der Waals surface area contributed by atoms with Crippen molar-refractivity contribution in [3.8, 4) is 0 Å². The normalized spacial score (nSPS) is 13.3. The van der Waals surface area contributed by atoms with Crippen molar-refractivity contribution in [2.75, 3.05) is 6.54 Å². The molecular formula is C16H19N3. The van der Waals surface area contributed by atoms with E-state index in [-0.39, 0.29) is 0 Å². The summed E-state index contributed by atoms with van der Waals surface area (Å²) < 4.78 is 0. The molecule has 3 heteroatoms. The van der Waals surface area contributed by atoms with Gasteiger partial charge >= 0.3 is 0 Å². The second-order valence-corrected chi connectivity index (χ2v) is 3.91. The lowest BCUT2D eigenvalue weighted by Gasteiger charge is -2.04. The third kappa shape index (κ3) is 4.84. The van der Waals surface area contributed by atoms with Crippen LogP contribution in [0.1, 0.15) is 19.5 Å². The average molecular weight is 253 g/mol. The van der Waals surface area contributed by atoms with E-state index >= 15 is 0 Å². The highest BCUT2D eigenvalue weighted by Gasteiger charge is 2.02. The molecule has 0 N–H and O–H groups in total. The molecule has 0 aliphatic heterocycles. The predicted molar refractivity (Wildman–Crippen MR) is 82.9 cm³/mol. The average Bonchev–Trinajstić information content (AvgIpc) is 2.45. The van der Waals surface area contributed by atoms with E-state index in [2.05, 4.69) is 28.1 Å². The Labute approximate surface area is 114 Å². The lowest BCUT2D eigenvalue weighted by atomic mass is 10.2. The molecule has 0 unspecified atom stereocenters. The van der Waals surface area contributed by atoms with Gasteiger partial charge in [-0.25, -0.2) is 4.99 Å². The van der Waals surface area contributed by atoms with Crippen molar-refractivity contribution in [3.05, 3.63) is 67.2 Å². The number of aliphatic imine (C=N–C) groups is 2. The number of allylic oxidation sites excluding steroid dienone is 3. The van der Waals surface area contributed by atoms with Crippen molar-refractivity contribution in [2.24, 2.45) is 9.98 Å². The van der Waals surface area contributed by atoms with Gasteiger partial charge in [0.05, 0.1) is 29.4 Å². The van der Waals surface area contributed by atoms with Gasteiger partial charge in [0, 0.05) is 6.20 Å². The first-order valence-corrected chi connectivity index (χ1v) is 6.10. The summed E-state index contributed by atoms with van der Waals surface area (Å²) in [5, 5.41) is 0. The standard InChI is InChI=1S/C16H19N3/c1-5-9-16(13(3)17-11-6-2)19-14(4)15-10-7-8-12-18-15/h5-10,12H,1-2,11H2,3-4H3/b16-9-,17-13?,19-14?. The molecule has 1 rings (SSSR count). The van der Waals surface area contributed by atoms with Crippen LogP contribution in [-0.2, 0) is 0 Å². The van der Waals surface area contributed by atoms with E-state index in [1.165, 1.54) is 0 Å². The van der Waals surface area contributed by atoms with Gasteiger partial charge in [0.25, 0.3) is 0 Å². The van der Waals surface area contributed by atoms with Crippen LogP contribution >= 0.6 is 0 Å². The Morgan fingerprint density at radius 3 is 2.68 bits per heavy atom. The number of nitrogens with zero attached hydrogens (tertiary/aromatic N) is 3. The van der Waals surface area contributed by atoms with Gasteiger partial charge in [0.15, 0.2) is 0 Å². The molecule has 19 heavy (non-hydrogen) atoms. The van der Waals surface area contributed by atoms with Gasteiger partial charge in [0.1, 0.15) is 0 Å². The second-order valence-electron chi connectivity index (χ2n) is 3.91. The highest BCUT2D eigenvalue weighted by Crippen LogP contribution is 2.06. The maximum Gasteiger partial charge on any atom is 0.0841 e. The second kappa shape index (κ2) is 7.93. The van der Waals surface area contributed by atoms with Crippen molar-refractivity contribution in [3.63, 3.8) is 0 Å². The summed E-state index contributed by atoms with van der Waals surface area (Å²) >= 11 is 0. The van der Waals surface area contributed by atoms with Gasteiger partial charge < -0.3 is 0 Å². The van der Waals surface area contributed by atoms with E-state index < -0.39 is 0 Å². The van der Waals surface area contributed by atoms with Crippen molar-refractivity contribution in [1.29, 1.82) is 0 Å². The van der Waals surface area contributed by atoms with Crippen LogP contribution in [-0.4, -0.2) is 23.0 Å². The van der Waals surface area contributed by atoms with Crippen LogP contribution in [0.15, 0.2) is 71.5 Å². The summed E-state index contributed by atoms with van der Waals surface area (Å²) in [6.45, 7) is 11.8. The Kier molecular flexibility index (Phi) is 6.16. The molecule has 0 spiro atoms. The van der Waals surface area contributed by atoms with Crippen LogP contribution in [0.5, 0.6) is 0 Å². The van der Waals surface area contributed by atoms with Gasteiger partial charge in [-0.15, -0.1) is 6.58 Å². The van der Waals surface area contributed by atoms with Crippen LogP contribution in [0.2, 0.25) is 0 Å². The number of hydrogen-bond donors (Lipinski definition) is 0. The zero-order valence-electron chi connectivity index (χ0n) is 11.5. The van der Waals surface area contributed by atoms with E-state index in [4.69, 9.17) is 0 Å². The van der Waals surface area contributed by atoms with Gasteiger partial charge in [-0.3, -0.25) is 9.98 Å². The molecule has 0 amide bonds. The van der Waals surface area contributed by atoms with E-state index in [1.807, 2.05) is 38.1 Å². The van der Waals surface area contributed by atoms with Crippen molar-refractivity contribution < 1.29 is 0 Å². The molecule has 3 nitrogen and oxygen atoms in total. The molecule has 0 saturated carbocycles. The third-order valence-corrected chi connectivity index (χ3v) is 2.43. The summed E-state index contributed by atoms with van der Waals surface area (Å²) in [6.07, 6.45) is 7.06. The monoisotopic (exact) mass is 253 g/mol. The fraction of sp³-hybridized carbons (Fsp3) is 0.188. The molecule has 0 aliphatic rings. The fourth-order valence-electron chi connectivity index (χ4n) is 1.45. The number of rotatable bonds is 6. The van der Waals surface area contributed by atoms with E-state index in [1.54, 1.807) is 18.3 Å². The zero-order chi connectivity index (χ0) is 14.1. The zero-order valence-corrected chi connectivity index (χ0v) is 11.5. The molecule has 1 aromatic heterocycles. The lowest BCUT2D eigenvalue weighted by molar-refractivity contribution is 1.22. The Hall–Kier alpha value is -2.29. The van der Waals surface area contributed by atoms with Crippen molar-refractivity contribution in [1.82, 2.24) is 4.98 Å². The maximum absolute atomic E-state index is 4.57. The number of aromatic nitrogens is 1. The van der Waals surface area contributed by atoms with Crippen LogP contribution in [0.3, 0.4) is 0 Å². The molecule has 1 aromatic rings. The largest absolute Gasteiger partial charge is 0.284 e. The minimum Gasteiger partial charge on any atom is -0.284 e.